The molecule has 1 aromatic heterocycles. The van der Waals surface area contributed by atoms with E-state index in [1.54, 1.807) is 6.07 Å². The highest BCUT2D eigenvalue weighted by atomic mass is 19.1. The molecule has 1 aliphatic carbocycles. The molecule has 2 saturated heterocycles. The summed E-state index contributed by atoms with van der Waals surface area (Å²) in [6.07, 6.45) is 6.58. The first-order valence-corrected chi connectivity index (χ1v) is 16.1. The number of likely N-dealkylation sites (tertiary alicyclic amines) is 1. The molecule has 47 heavy (non-hydrogen) atoms. The van der Waals surface area contributed by atoms with Crippen LogP contribution in [0.2, 0.25) is 0 Å². The zero-order valence-electron chi connectivity index (χ0n) is 26.1. The first-order valence-electron chi connectivity index (χ1n) is 16.1. The molecule has 3 fully saturated rings. The van der Waals surface area contributed by atoms with Gasteiger partial charge in [-0.2, -0.15) is 0 Å². The fourth-order valence-electron chi connectivity index (χ4n) is 6.11. The number of carbonyl (C=O) groups excluding carboxylic acids is 4. The molecular weight excluding hydrogens is 606 g/mol. The van der Waals surface area contributed by atoms with E-state index in [9.17, 15) is 28.0 Å². The SMILES string of the molecule is C[C@H](NC(=O)[C@@H]1C[C@@H](F)CN1C(=O)CNC(=O)c1ccc2cc(F)ccc2n1)c1cc(NC(=O)[C@@H]2CCCN2)ccc1/C=C/C1CC1. The van der Waals surface area contributed by atoms with Crippen molar-refractivity contribution in [3.8, 4) is 0 Å². The van der Waals surface area contributed by atoms with Crippen molar-refractivity contribution in [2.24, 2.45) is 5.92 Å². The predicted molar refractivity (Wildman–Crippen MR) is 173 cm³/mol. The number of fused-ring (bicyclic) bond motifs is 1. The Balaban J connectivity index is 1.11. The third-order valence-electron chi connectivity index (χ3n) is 8.88. The van der Waals surface area contributed by atoms with Gasteiger partial charge in [-0.15, -0.1) is 0 Å². The van der Waals surface area contributed by atoms with Gasteiger partial charge in [0.25, 0.3) is 5.91 Å². The Bertz CT molecular complexity index is 1720. The number of hydrogen-bond donors (Lipinski definition) is 4. The van der Waals surface area contributed by atoms with Gasteiger partial charge in [0.1, 0.15) is 23.7 Å². The molecule has 3 aliphatic rings. The Morgan fingerprint density at radius 2 is 1.89 bits per heavy atom. The molecule has 4 N–H and O–H groups in total. The number of pyridine rings is 1. The van der Waals surface area contributed by atoms with Crippen LogP contribution in [0.4, 0.5) is 14.5 Å². The summed E-state index contributed by atoms with van der Waals surface area (Å²) in [5, 5.41) is 12.1. The third kappa shape index (κ3) is 7.82. The fourth-order valence-corrected chi connectivity index (χ4v) is 6.11. The van der Waals surface area contributed by atoms with E-state index in [0.29, 0.717) is 22.5 Å². The number of allylic oxidation sites excluding steroid dienone is 1. The van der Waals surface area contributed by atoms with Crippen LogP contribution in [0.1, 0.15) is 66.7 Å². The number of nitrogens with one attached hydrogen (secondary N) is 4. The Morgan fingerprint density at radius 3 is 2.66 bits per heavy atom. The molecule has 0 bridgehead atoms. The standard InChI is InChI=1S/C35H38F2N6O4/c1-20(27-17-26(41-34(46)29-3-2-14-38-29)11-8-22(27)7-6-21-4-5-21)40-35(47)31-16-25(37)19-43(31)32(44)18-39-33(45)30-12-9-23-15-24(36)10-13-28(23)42-30/h6-13,15,17,20-21,25,29,31,38H,2-5,14,16,18-19H2,1H3,(H,39,45)(H,40,47)(H,41,46)/b7-6+/t20-,25+,29-,31-/m0/s1. The van der Waals surface area contributed by atoms with Crippen LogP contribution < -0.4 is 21.3 Å². The molecule has 0 radical (unpaired) electrons. The lowest BCUT2D eigenvalue weighted by atomic mass is 9.99. The van der Waals surface area contributed by atoms with Crippen LogP contribution in [0, 0.1) is 11.7 Å². The van der Waals surface area contributed by atoms with Gasteiger partial charge in [0.2, 0.25) is 17.7 Å². The summed E-state index contributed by atoms with van der Waals surface area (Å²) in [6.45, 7) is 1.88. The highest BCUT2D eigenvalue weighted by molar-refractivity contribution is 5.98. The second kappa shape index (κ2) is 14.0. The monoisotopic (exact) mass is 644 g/mol. The number of aromatic nitrogens is 1. The molecule has 3 aromatic rings. The number of halogens is 2. The van der Waals surface area contributed by atoms with E-state index in [1.807, 2.05) is 31.2 Å². The molecule has 0 spiro atoms. The van der Waals surface area contributed by atoms with Crippen LogP contribution in [0.25, 0.3) is 17.0 Å². The van der Waals surface area contributed by atoms with Gasteiger partial charge in [-0.05, 0) is 92.6 Å². The summed E-state index contributed by atoms with van der Waals surface area (Å²) in [4.78, 5) is 57.6. The normalized spacial score (nSPS) is 21.6. The molecule has 12 heteroatoms. The van der Waals surface area contributed by atoms with Crippen LogP contribution in [-0.2, 0) is 14.4 Å². The maximum atomic E-state index is 14.6. The molecular formula is C35H38F2N6O4. The Morgan fingerprint density at radius 1 is 1.06 bits per heavy atom. The van der Waals surface area contributed by atoms with Crippen molar-refractivity contribution in [3.63, 3.8) is 0 Å². The number of alkyl halides is 1. The van der Waals surface area contributed by atoms with E-state index in [4.69, 9.17) is 0 Å². The van der Waals surface area contributed by atoms with E-state index in [0.717, 1.165) is 48.3 Å². The number of benzene rings is 2. The van der Waals surface area contributed by atoms with Crippen molar-refractivity contribution < 1.29 is 28.0 Å². The van der Waals surface area contributed by atoms with Gasteiger partial charge < -0.3 is 26.2 Å². The largest absolute Gasteiger partial charge is 0.348 e. The van der Waals surface area contributed by atoms with Crippen LogP contribution in [0.15, 0.2) is 54.6 Å². The molecule has 6 rings (SSSR count). The van der Waals surface area contributed by atoms with E-state index in [1.165, 1.54) is 24.3 Å². The minimum Gasteiger partial charge on any atom is -0.348 e. The minimum atomic E-state index is -1.40. The molecule has 2 aliphatic heterocycles. The summed E-state index contributed by atoms with van der Waals surface area (Å²) in [5.41, 5.74) is 2.72. The highest BCUT2D eigenvalue weighted by Crippen LogP contribution is 2.32. The van der Waals surface area contributed by atoms with Gasteiger partial charge in [-0.25, -0.2) is 13.8 Å². The zero-order chi connectivity index (χ0) is 33.1. The number of hydrogen-bond acceptors (Lipinski definition) is 6. The van der Waals surface area contributed by atoms with Crippen molar-refractivity contribution in [1.29, 1.82) is 0 Å². The molecule has 3 heterocycles. The summed E-state index contributed by atoms with van der Waals surface area (Å²) in [7, 11) is 0. The molecule has 4 atom stereocenters. The topological polar surface area (TPSA) is 133 Å². The van der Waals surface area contributed by atoms with Crippen molar-refractivity contribution in [2.45, 2.75) is 63.3 Å². The quantitative estimate of drug-likeness (QED) is 0.264. The lowest BCUT2D eigenvalue weighted by Gasteiger charge is -2.26. The fraction of sp³-hybridized carbons (Fsp3) is 0.400. The van der Waals surface area contributed by atoms with Gasteiger partial charge in [0.05, 0.1) is 30.7 Å². The van der Waals surface area contributed by atoms with Crippen LogP contribution in [0.3, 0.4) is 0 Å². The molecule has 1 saturated carbocycles. The third-order valence-corrected chi connectivity index (χ3v) is 8.88. The molecule has 4 amide bonds. The van der Waals surface area contributed by atoms with Gasteiger partial charge in [0, 0.05) is 17.5 Å². The van der Waals surface area contributed by atoms with Crippen molar-refractivity contribution >= 4 is 46.3 Å². The van der Waals surface area contributed by atoms with E-state index in [-0.39, 0.29) is 30.6 Å². The average molecular weight is 645 g/mol. The van der Waals surface area contributed by atoms with E-state index in [2.05, 4.69) is 32.3 Å². The van der Waals surface area contributed by atoms with Crippen molar-refractivity contribution in [1.82, 2.24) is 25.8 Å². The summed E-state index contributed by atoms with van der Waals surface area (Å²) in [6, 6.07) is 10.7. The number of carbonyl (C=O) groups is 4. The van der Waals surface area contributed by atoms with E-state index >= 15 is 0 Å². The Kier molecular flexibility index (Phi) is 9.58. The molecule has 2 aromatic carbocycles. The second-order valence-electron chi connectivity index (χ2n) is 12.5. The summed E-state index contributed by atoms with van der Waals surface area (Å²) in [5.74, 6) is -1.75. The lowest BCUT2D eigenvalue weighted by molar-refractivity contribution is -0.138. The lowest BCUT2D eigenvalue weighted by Crippen LogP contribution is -2.49. The number of anilines is 1. The number of rotatable bonds is 10. The maximum absolute atomic E-state index is 14.6. The minimum absolute atomic E-state index is 0.0364. The van der Waals surface area contributed by atoms with Gasteiger partial charge in [-0.3, -0.25) is 19.2 Å². The van der Waals surface area contributed by atoms with Gasteiger partial charge >= 0.3 is 0 Å². The Hall–Kier alpha value is -4.71. The molecule has 10 nitrogen and oxygen atoms in total. The van der Waals surface area contributed by atoms with E-state index < -0.39 is 48.3 Å². The number of nitrogens with zero attached hydrogens (tertiary/aromatic N) is 2. The van der Waals surface area contributed by atoms with Crippen molar-refractivity contribution in [3.05, 3.63) is 77.2 Å². The van der Waals surface area contributed by atoms with Gasteiger partial charge in [-0.1, -0.05) is 24.3 Å². The first kappa shape index (κ1) is 32.2. The van der Waals surface area contributed by atoms with Crippen LogP contribution >= 0.6 is 0 Å². The van der Waals surface area contributed by atoms with Crippen LogP contribution in [-0.4, -0.2) is 71.4 Å². The smallest absolute Gasteiger partial charge is 0.270 e. The van der Waals surface area contributed by atoms with Crippen LogP contribution in [0.5, 0.6) is 0 Å². The zero-order valence-corrected chi connectivity index (χ0v) is 26.1. The van der Waals surface area contributed by atoms with Gasteiger partial charge in [0.15, 0.2) is 0 Å². The summed E-state index contributed by atoms with van der Waals surface area (Å²) >= 11 is 0. The Labute approximate surface area is 271 Å². The molecule has 246 valence electrons. The predicted octanol–water partition coefficient (Wildman–Crippen LogP) is 4.03. The maximum Gasteiger partial charge on any atom is 0.270 e. The summed E-state index contributed by atoms with van der Waals surface area (Å²) < 4.78 is 28.1. The average Bonchev–Trinajstić information content (AvgIpc) is 3.54. The molecule has 0 unspecified atom stereocenters. The first-order chi connectivity index (χ1) is 22.6. The highest BCUT2D eigenvalue weighted by Gasteiger charge is 2.40. The van der Waals surface area contributed by atoms with Crippen molar-refractivity contribution in [2.75, 3.05) is 25.0 Å². The second-order valence-corrected chi connectivity index (χ2v) is 12.5. The number of amides is 4.